The zero-order chi connectivity index (χ0) is 25.4. The number of carbonyl (C=O) groups excluding carboxylic acids is 4. The van der Waals surface area contributed by atoms with E-state index in [1.807, 2.05) is 81.4 Å². The molecule has 3 amide bonds. The van der Waals surface area contributed by atoms with Crippen LogP contribution < -0.4 is 10.6 Å². The molecule has 0 radical (unpaired) electrons. The van der Waals surface area contributed by atoms with Gasteiger partial charge in [-0.3, -0.25) is 14.4 Å². The second kappa shape index (κ2) is 11.6. The van der Waals surface area contributed by atoms with E-state index in [4.69, 9.17) is 4.74 Å². The molecule has 0 aliphatic carbocycles. The first kappa shape index (κ1) is 25.9. The Labute approximate surface area is 206 Å². The SMILES string of the molecule is CC(C)(C)NC(=O)[C@@H]1CCCN1C(=O)C(=O)C(Cc1ccccc1)NC(=O)OCc1ccccc1. The van der Waals surface area contributed by atoms with Crippen molar-refractivity contribution in [2.75, 3.05) is 6.54 Å². The minimum atomic E-state index is -1.12. The highest BCUT2D eigenvalue weighted by Gasteiger charge is 2.40. The van der Waals surface area contributed by atoms with Crippen molar-refractivity contribution < 1.29 is 23.9 Å². The Bertz CT molecular complexity index is 1030. The molecular weight excluding hydrogens is 446 g/mol. The summed E-state index contributed by atoms with van der Waals surface area (Å²) in [4.78, 5) is 53.1. The lowest BCUT2D eigenvalue weighted by atomic mass is 10.0. The van der Waals surface area contributed by atoms with E-state index >= 15 is 0 Å². The van der Waals surface area contributed by atoms with Gasteiger partial charge in [0.25, 0.3) is 5.91 Å². The summed E-state index contributed by atoms with van der Waals surface area (Å²) in [6.45, 7) is 5.92. The molecule has 1 aliphatic rings. The molecule has 0 aromatic heterocycles. The van der Waals surface area contributed by atoms with Crippen molar-refractivity contribution in [2.45, 2.75) is 64.3 Å². The Hall–Kier alpha value is -3.68. The normalized spacial score (nSPS) is 16.3. The number of ketones is 1. The number of rotatable bonds is 8. The number of nitrogens with one attached hydrogen (secondary N) is 2. The highest BCUT2D eigenvalue weighted by Crippen LogP contribution is 2.20. The fourth-order valence-corrected chi connectivity index (χ4v) is 3.99. The zero-order valence-corrected chi connectivity index (χ0v) is 20.5. The molecular formula is C27H33N3O5. The number of hydrogen-bond donors (Lipinski definition) is 2. The van der Waals surface area contributed by atoms with E-state index in [1.54, 1.807) is 0 Å². The van der Waals surface area contributed by atoms with E-state index in [9.17, 15) is 19.2 Å². The van der Waals surface area contributed by atoms with Crippen molar-refractivity contribution in [1.82, 2.24) is 15.5 Å². The average molecular weight is 480 g/mol. The van der Waals surface area contributed by atoms with E-state index < -0.39 is 35.4 Å². The van der Waals surface area contributed by atoms with Crippen LogP contribution in [0, 0.1) is 0 Å². The van der Waals surface area contributed by atoms with Gasteiger partial charge in [-0.1, -0.05) is 60.7 Å². The zero-order valence-electron chi connectivity index (χ0n) is 20.5. The molecule has 1 saturated heterocycles. The first-order chi connectivity index (χ1) is 16.6. The highest BCUT2D eigenvalue weighted by atomic mass is 16.5. The molecule has 1 unspecified atom stereocenters. The van der Waals surface area contributed by atoms with Crippen LogP contribution in [0.2, 0.25) is 0 Å². The maximum atomic E-state index is 13.3. The number of hydrogen-bond acceptors (Lipinski definition) is 5. The van der Waals surface area contributed by atoms with Crippen molar-refractivity contribution in [2.24, 2.45) is 0 Å². The molecule has 2 N–H and O–H groups in total. The molecule has 35 heavy (non-hydrogen) atoms. The van der Waals surface area contributed by atoms with E-state index in [1.165, 1.54) is 4.90 Å². The average Bonchev–Trinajstić information content (AvgIpc) is 3.32. The minimum Gasteiger partial charge on any atom is -0.445 e. The first-order valence-corrected chi connectivity index (χ1v) is 11.8. The highest BCUT2D eigenvalue weighted by molar-refractivity contribution is 6.38. The molecule has 2 atom stereocenters. The molecule has 1 aliphatic heterocycles. The van der Waals surface area contributed by atoms with Gasteiger partial charge in [0.1, 0.15) is 18.7 Å². The fraction of sp³-hybridized carbons (Fsp3) is 0.407. The predicted molar refractivity (Wildman–Crippen MR) is 131 cm³/mol. The monoisotopic (exact) mass is 479 g/mol. The standard InChI is InChI=1S/C27H33N3O5/c1-27(2,3)29-24(32)22-15-10-16-30(22)25(33)23(31)21(17-19-11-6-4-7-12-19)28-26(34)35-18-20-13-8-5-9-14-20/h4-9,11-14,21-22H,10,15-18H2,1-3H3,(H,28,34)(H,29,32)/t21?,22-/m0/s1. The summed E-state index contributed by atoms with van der Waals surface area (Å²) in [6.07, 6.45) is 0.436. The Kier molecular flexibility index (Phi) is 8.63. The van der Waals surface area contributed by atoms with E-state index in [2.05, 4.69) is 10.6 Å². The van der Waals surface area contributed by atoms with Crippen LogP contribution >= 0.6 is 0 Å². The Morgan fingerprint density at radius 3 is 2.17 bits per heavy atom. The lowest BCUT2D eigenvalue weighted by Gasteiger charge is -2.29. The molecule has 2 aromatic carbocycles. The lowest BCUT2D eigenvalue weighted by molar-refractivity contribution is -0.148. The van der Waals surface area contributed by atoms with Gasteiger partial charge in [0.05, 0.1) is 0 Å². The summed E-state index contributed by atoms with van der Waals surface area (Å²) in [6, 6.07) is 16.4. The van der Waals surface area contributed by atoms with Gasteiger partial charge < -0.3 is 20.3 Å². The predicted octanol–water partition coefficient (Wildman–Crippen LogP) is 3.00. The Balaban J connectivity index is 1.71. The third-order valence-electron chi connectivity index (χ3n) is 5.63. The summed E-state index contributed by atoms with van der Waals surface area (Å²) >= 11 is 0. The smallest absolute Gasteiger partial charge is 0.408 e. The molecule has 0 saturated carbocycles. The van der Waals surface area contributed by atoms with Gasteiger partial charge in [-0.2, -0.15) is 0 Å². The topological polar surface area (TPSA) is 105 Å². The van der Waals surface area contributed by atoms with Crippen molar-refractivity contribution in [1.29, 1.82) is 0 Å². The summed E-state index contributed by atoms with van der Waals surface area (Å²) in [5.74, 6) is -1.84. The van der Waals surface area contributed by atoms with Crippen LogP contribution in [0.25, 0.3) is 0 Å². The van der Waals surface area contributed by atoms with Crippen LogP contribution in [-0.4, -0.2) is 52.8 Å². The molecule has 2 aromatic rings. The van der Waals surface area contributed by atoms with Gasteiger partial charge in [-0.25, -0.2) is 4.79 Å². The number of ether oxygens (including phenoxy) is 1. The van der Waals surface area contributed by atoms with Gasteiger partial charge >= 0.3 is 6.09 Å². The molecule has 1 heterocycles. The number of nitrogens with zero attached hydrogens (tertiary/aromatic N) is 1. The Morgan fingerprint density at radius 1 is 0.971 bits per heavy atom. The quantitative estimate of drug-likeness (QED) is 0.567. The summed E-state index contributed by atoms with van der Waals surface area (Å²) in [5.41, 5.74) is 1.12. The summed E-state index contributed by atoms with van der Waals surface area (Å²) < 4.78 is 5.27. The van der Waals surface area contributed by atoms with Crippen LogP contribution in [0.1, 0.15) is 44.7 Å². The van der Waals surface area contributed by atoms with Gasteiger partial charge in [-0.05, 0) is 44.7 Å². The van der Waals surface area contributed by atoms with Crippen LogP contribution in [0.3, 0.4) is 0 Å². The second-order valence-corrected chi connectivity index (χ2v) is 9.71. The summed E-state index contributed by atoms with van der Waals surface area (Å²) in [7, 11) is 0. The molecule has 0 bridgehead atoms. The number of benzene rings is 2. The number of amides is 3. The first-order valence-electron chi connectivity index (χ1n) is 11.8. The number of carbonyl (C=O) groups is 4. The van der Waals surface area contributed by atoms with Crippen LogP contribution in [0.4, 0.5) is 4.79 Å². The maximum Gasteiger partial charge on any atom is 0.408 e. The Morgan fingerprint density at radius 2 is 1.57 bits per heavy atom. The lowest BCUT2D eigenvalue weighted by Crippen LogP contribution is -2.55. The van der Waals surface area contributed by atoms with Gasteiger partial charge in [0, 0.05) is 18.5 Å². The van der Waals surface area contributed by atoms with Gasteiger partial charge in [0.15, 0.2) is 0 Å². The largest absolute Gasteiger partial charge is 0.445 e. The van der Waals surface area contributed by atoms with E-state index in [-0.39, 0.29) is 18.9 Å². The maximum absolute atomic E-state index is 13.3. The number of likely N-dealkylation sites (tertiary alicyclic amines) is 1. The van der Waals surface area contributed by atoms with E-state index in [0.717, 1.165) is 11.1 Å². The molecule has 3 rings (SSSR count). The summed E-state index contributed by atoms with van der Waals surface area (Å²) in [5, 5.41) is 5.45. The van der Waals surface area contributed by atoms with E-state index in [0.29, 0.717) is 19.4 Å². The molecule has 186 valence electrons. The van der Waals surface area contributed by atoms with Crippen molar-refractivity contribution >= 4 is 23.7 Å². The molecule has 8 heteroatoms. The minimum absolute atomic E-state index is 0.0358. The van der Waals surface area contributed by atoms with Crippen molar-refractivity contribution in [3.63, 3.8) is 0 Å². The van der Waals surface area contributed by atoms with Crippen molar-refractivity contribution in [3.8, 4) is 0 Å². The van der Waals surface area contributed by atoms with Gasteiger partial charge in [0.2, 0.25) is 11.7 Å². The second-order valence-electron chi connectivity index (χ2n) is 9.71. The molecule has 8 nitrogen and oxygen atoms in total. The van der Waals surface area contributed by atoms with Crippen LogP contribution in [0.15, 0.2) is 60.7 Å². The number of alkyl carbamates (subject to hydrolysis) is 1. The third kappa shape index (κ3) is 7.67. The van der Waals surface area contributed by atoms with Crippen LogP contribution in [0.5, 0.6) is 0 Å². The number of Topliss-reactive ketones (excluding diaryl/α,β-unsaturated/α-hetero) is 1. The molecule has 0 spiro atoms. The van der Waals surface area contributed by atoms with Crippen molar-refractivity contribution in [3.05, 3.63) is 71.8 Å². The van der Waals surface area contributed by atoms with Gasteiger partial charge in [-0.15, -0.1) is 0 Å². The third-order valence-corrected chi connectivity index (χ3v) is 5.63. The fourth-order valence-electron chi connectivity index (χ4n) is 3.99. The molecule has 1 fully saturated rings. The van der Waals surface area contributed by atoms with Crippen LogP contribution in [-0.2, 0) is 32.1 Å².